The Morgan fingerprint density at radius 3 is 1.73 bits per heavy atom. The predicted molar refractivity (Wildman–Crippen MR) is 32.7 cm³/mol. The van der Waals surface area contributed by atoms with Gasteiger partial charge in [0.2, 0.25) is 0 Å². The number of hydrogen-bond donors (Lipinski definition) is 0. The smallest absolute Gasteiger partial charge is 0.338 e. The zero-order valence-corrected chi connectivity index (χ0v) is 6.20. The summed E-state index contributed by atoms with van der Waals surface area (Å²) in [6.07, 6.45) is -1.51. The van der Waals surface area contributed by atoms with Crippen molar-refractivity contribution in [3.8, 4) is 0 Å². The van der Waals surface area contributed by atoms with Gasteiger partial charge in [0.05, 0.1) is 14.2 Å². The number of ether oxygens (including phenoxy) is 3. The van der Waals surface area contributed by atoms with Gasteiger partial charge in [-0.1, -0.05) is 0 Å². The molecule has 0 N–H and O–H groups in total. The van der Waals surface area contributed by atoms with Gasteiger partial charge in [-0.15, -0.1) is 0 Å². The first-order valence-electron chi connectivity index (χ1n) is 3.02. The van der Waals surface area contributed by atoms with Crippen LogP contribution in [-0.2, 0) is 23.8 Å². The first-order chi connectivity index (χ1) is 5.20. The highest BCUT2D eigenvalue weighted by atomic mass is 16.7. The molecule has 1 aliphatic rings. The number of epoxide rings is 1. The minimum Gasteiger partial charge on any atom is -0.467 e. The van der Waals surface area contributed by atoms with Crippen molar-refractivity contribution in [3.05, 3.63) is 0 Å². The van der Waals surface area contributed by atoms with E-state index >= 15 is 0 Å². The third kappa shape index (κ3) is 1.48. The highest BCUT2D eigenvalue weighted by Crippen LogP contribution is 2.23. The highest BCUT2D eigenvalue weighted by Gasteiger charge is 2.52. The molecule has 1 rings (SSSR count). The van der Waals surface area contributed by atoms with Crippen molar-refractivity contribution in [2.75, 3.05) is 14.2 Å². The Hall–Kier alpha value is -1.10. The lowest BCUT2D eigenvalue weighted by Gasteiger charge is -1.92. The van der Waals surface area contributed by atoms with Crippen LogP contribution in [0.3, 0.4) is 0 Å². The summed E-state index contributed by atoms with van der Waals surface area (Å²) in [6, 6.07) is 0. The second-order valence-electron chi connectivity index (χ2n) is 2.02. The van der Waals surface area contributed by atoms with Gasteiger partial charge < -0.3 is 14.2 Å². The molecule has 0 radical (unpaired) electrons. The molecule has 0 saturated carbocycles. The summed E-state index contributed by atoms with van der Waals surface area (Å²) in [6.45, 7) is 0. The lowest BCUT2D eigenvalue weighted by molar-refractivity contribution is -0.144. The number of hydrogen-bond acceptors (Lipinski definition) is 5. The third-order valence-electron chi connectivity index (χ3n) is 1.36. The molecular formula is C6H8O5. The fourth-order valence-electron chi connectivity index (χ4n) is 0.703. The zero-order valence-electron chi connectivity index (χ0n) is 6.20. The molecule has 11 heavy (non-hydrogen) atoms. The van der Waals surface area contributed by atoms with E-state index in [9.17, 15) is 9.59 Å². The lowest BCUT2D eigenvalue weighted by atomic mass is 10.3. The van der Waals surface area contributed by atoms with Crippen molar-refractivity contribution in [1.29, 1.82) is 0 Å². The molecule has 0 aliphatic carbocycles. The van der Waals surface area contributed by atoms with Crippen LogP contribution in [0.5, 0.6) is 0 Å². The molecule has 0 aromatic heterocycles. The van der Waals surface area contributed by atoms with Crippen LogP contribution in [0, 0.1) is 0 Å². The van der Waals surface area contributed by atoms with Crippen LogP contribution in [0.1, 0.15) is 0 Å². The zero-order chi connectivity index (χ0) is 8.43. The third-order valence-corrected chi connectivity index (χ3v) is 1.36. The average molecular weight is 160 g/mol. The molecular weight excluding hydrogens is 152 g/mol. The van der Waals surface area contributed by atoms with Gasteiger partial charge in [-0.05, 0) is 0 Å². The van der Waals surface area contributed by atoms with Crippen LogP contribution < -0.4 is 0 Å². The summed E-state index contributed by atoms with van der Waals surface area (Å²) >= 11 is 0. The van der Waals surface area contributed by atoms with E-state index < -0.39 is 24.1 Å². The van der Waals surface area contributed by atoms with Gasteiger partial charge in [-0.3, -0.25) is 0 Å². The van der Waals surface area contributed by atoms with E-state index in [0.717, 1.165) is 0 Å². The summed E-state index contributed by atoms with van der Waals surface area (Å²) in [4.78, 5) is 21.3. The monoisotopic (exact) mass is 160 g/mol. The van der Waals surface area contributed by atoms with Crippen molar-refractivity contribution in [1.82, 2.24) is 0 Å². The van der Waals surface area contributed by atoms with Crippen LogP contribution in [0.25, 0.3) is 0 Å². The molecule has 1 aliphatic heterocycles. The molecule has 1 fully saturated rings. The Labute approximate surface area is 63.2 Å². The summed E-state index contributed by atoms with van der Waals surface area (Å²) in [5.41, 5.74) is 0. The van der Waals surface area contributed by atoms with Crippen LogP contribution >= 0.6 is 0 Å². The van der Waals surface area contributed by atoms with E-state index in [2.05, 4.69) is 14.2 Å². The SMILES string of the molecule is COC(=O)[C@H]1O[C@@H]1C(=O)OC. The number of esters is 2. The van der Waals surface area contributed by atoms with Crippen molar-refractivity contribution in [2.24, 2.45) is 0 Å². The number of carbonyl (C=O) groups excluding carboxylic acids is 2. The Kier molecular flexibility index (Phi) is 2.09. The maximum atomic E-state index is 10.6. The van der Waals surface area contributed by atoms with E-state index in [0.29, 0.717) is 0 Å². The van der Waals surface area contributed by atoms with Gasteiger partial charge >= 0.3 is 11.9 Å². The largest absolute Gasteiger partial charge is 0.467 e. The fraction of sp³-hybridized carbons (Fsp3) is 0.667. The summed E-state index contributed by atoms with van der Waals surface area (Å²) in [7, 11) is 2.47. The molecule has 0 bridgehead atoms. The quantitative estimate of drug-likeness (QED) is 0.387. The van der Waals surface area contributed by atoms with Crippen molar-refractivity contribution < 1.29 is 23.8 Å². The van der Waals surface area contributed by atoms with Crippen LogP contribution in [0.4, 0.5) is 0 Å². The maximum absolute atomic E-state index is 10.6. The molecule has 0 amide bonds. The first kappa shape index (κ1) is 8.00. The van der Waals surface area contributed by atoms with Crippen LogP contribution in [0.15, 0.2) is 0 Å². The summed E-state index contributed by atoms with van der Waals surface area (Å²) in [5, 5.41) is 0. The minimum absolute atomic E-state index is 0.541. The van der Waals surface area contributed by atoms with E-state index in [-0.39, 0.29) is 0 Å². The molecule has 2 atom stereocenters. The maximum Gasteiger partial charge on any atom is 0.338 e. The Morgan fingerprint density at radius 1 is 1.09 bits per heavy atom. The lowest BCUT2D eigenvalue weighted by Crippen LogP contribution is -2.18. The number of methoxy groups -OCH3 is 2. The van der Waals surface area contributed by atoms with E-state index in [4.69, 9.17) is 0 Å². The molecule has 5 nitrogen and oxygen atoms in total. The number of carbonyl (C=O) groups is 2. The predicted octanol–water partition coefficient (Wildman–Crippen LogP) is -0.900. The molecule has 0 aromatic carbocycles. The van der Waals surface area contributed by atoms with Crippen LogP contribution in [-0.4, -0.2) is 38.4 Å². The van der Waals surface area contributed by atoms with Gasteiger partial charge in [-0.2, -0.15) is 0 Å². The van der Waals surface area contributed by atoms with E-state index in [1.54, 1.807) is 0 Å². The van der Waals surface area contributed by atoms with Gasteiger partial charge in [0, 0.05) is 0 Å². The number of rotatable bonds is 2. The Morgan fingerprint density at radius 2 is 1.45 bits per heavy atom. The molecule has 0 aromatic rings. The average Bonchev–Trinajstić information content (AvgIpc) is 2.80. The second-order valence-corrected chi connectivity index (χ2v) is 2.02. The molecule has 5 heteroatoms. The molecule has 1 heterocycles. The van der Waals surface area contributed by atoms with Crippen molar-refractivity contribution in [2.45, 2.75) is 12.2 Å². The van der Waals surface area contributed by atoms with Gasteiger partial charge in [0.25, 0.3) is 0 Å². The van der Waals surface area contributed by atoms with E-state index in [1.807, 2.05) is 0 Å². The molecule has 1 saturated heterocycles. The Bertz CT molecular complexity index is 167. The summed E-state index contributed by atoms with van der Waals surface area (Å²) < 4.78 is 13.3. The summed E-state index contributed by atoms with van der Waals surface area (Å²) in [5.74, 6) is -1.08. The molecule has 0 spiro atoms. The van der Waals surface area contributed by atoms with Crippen LogP contribution in [0.2, 0.25) is 0 Å². The highest BCUT2D eigenvalue weighted by molar-refractivity contribution is 5.89. The molecule has 62 valence electrons. The minimum atomic E-state index is -0.757. The first-order valence-corrected chi connectivity index (χ1v) is 3.02. The van der Waals surface area contributed by atoms with Gasteiger partial charge in [-0.25, -0.2) is 9.59 Å². The van der Waals surface area contributed by atoms with Gasteiger partial charge in [0.1, 0.15) is 0 Å². The van der Waals surface area contributed by atoms with Crippen molar-refractivity contribution >= 4 is 11.9 Å². The van der Waals surface area contributed by atoms with Crippen molar-refractivity contribution in [3.63, 3.8) is 0 Å². The topological polar surface area (TPSA) is 65.1 Å². The second kappa shape index (κ2) is 2.87. The Balaban J connectivity index is 2.37. The van der Waals surface area contributed by atoms with Gasteiger partial charge in [0.15, 0.2) is 12.2 Å². The van der Waals surface area contributed by atoms with E-state index in [1.165, 1.54) is 14.2 Å². The fourth-order valence-corrected chi connectivity index (χ4v) is 0.703. The normalized spacial score (nSPS) is 27.5. The molecule has 0 unspecified atom stereocenters. The standard InChI is InChI=1S/C6H8O5/c1-9-5(7)3-4(11-3)6(8)10-2/h3-4H,1-2H3/t3-,4-/m0/s1.